The fourth-order valence-electron chi connectivity index (χ4n) is 1.79. The van der Waals surface area contributed by atoms with Crippen molar-refractivity contribution in [1.82, 2.24) is 4.90 Å². The summed E-state index contributed by atoms with van der Waals surface area (Å²) in [6.45, 7) is -0.269. The van der Waals surface area contributed by atoms with Crippen LogP contribution in [0.15, 0.2) is 35.4 Å². The van der Waals surface area contributed by atoms with Gasteiger partial charge in [0.1, 0.15) is 18.5 Å². The molecule has 2 aliphatic rings. The van der Waals surface area contributed by atoms with Gasteiger partial charge in [0, 0.05) is 25.2 Å². The standard InChI is InChI=1S/C11H16N2O3/c1-13-5-7(2-3-11(13)12)9-4-8(15)10(6-14)16-9/h2-3,5,9,11,14-15H,4,6,12H2,1H3/t9-,11?/m1/s1. The van der Waals surface area contributed by atoms with E-state index in [4.69, 9.17) is 15.6 Å². The zero-order valence-corrected chi connectivity index (χ0v) is 9.13. The fraction of sp³-hybridized carbons (Fsp3) is 0.455. The molecule has 0 aliphatic carbocycles. The minimum Gasteiger partial charge on any atom is -0.509 e. The molecule has 0 saturated heterocycles. The van der Waals surface area contributed by atoms with E-state index in [2.05, 4.69) is 0 Å². The second kappa shape index (κ2) is 4.19. The molecule has 0 amide bonds. The topological polar surface area (TPSA) is 79.0 Å². The molecule has 2 rings (SSSR count). The van der Waals surface area contributed by atoms with Crippen LogP contribution in [0.5, 0.6) is 0 Å². The van der Waals surface area contributed by atoms with E-state index in [1.165, 1.54) is 0 Å². The third-order valence-electron chi connectivity index (χ3n) is 2.81. The van der Waals surface area contributed by atoms with E-state index in [1.807, 2.05) is 30.3 Å². The van der Waals surface area contributed by atoms with E-state index in [9.17, 15) is 5.11 Å². The largest absolute Gasteiger partial charge is 0.509 e. The maximum atomic E-state index is 9.51. The molecule has 0 fully saturated rings. The molecule has 1 unspecified atom stereocenters. The van der Waals surface area contributed by atoms with Crippen molar-refractivity contribution in [2.24, 2.45) is 5.73 Å². The molecule has 0 aromatic carbocycles. The van der Waals surface area contributed by atoms with Crippen LogP contribution in [-0.4, -0.2) is 41.0 Å². The minimum atomic E-state index is -0.269. The van der Waals surface area contributed by atoms with Crippen molar-refractivity contribution in [2.75, 3.05) is 13.7 Å². The third-order valence-corrected chi connectivity index (χ3v) is 2.81. The van der Waals surface area contributed by atoms with Crippen molar-refractivity contribution in [2.45, 2.75) is 18.7 Å². The van der Waals surface area contributed by atoms with E-state index in [0.717, 1.165) is 5.57 Å². The van der Waals surface area contributed by atoms with E-state index in [0.29, 0.717) is 6.42 Å². The highest BCUT2D eigenvalue weighted by atomic mass is 16.5. The molecule has 0 aromatic rings. The van der Waals surface area contributed by atoms with Crippen LogP contribution < -0.4 is 5.73 Å². The highest BCUT2D eigenvalue weighted by Crippen LogP contribution is 2.29. The Bertz CT molecular complexity index is 373. The molecular formula is C11H16N2O3. The monoisotopic (exact) mass is 224 g/mol. The summed E-state index contributed by atoms with van der Waals surface area (Å²) in [4.78, 5) is 1.87. The number of ether oxygens (including phenoxy) is 1. The summed E-state index contributed by atoms with van der Waals surface area (Å²) in [7, 11) is 1.88. The molecule has 0 radical (unpaired) electrons. The summed E-state index contributed by atoms with van der Waals surface area (Å²) in [6.07, 6.45) is 5.70. The molecule has 4 N–H and O–H groups in total. The van der Waals surface area contributed by atoms with Gasteiger partial charge in [-0.05, 0) is 6.08 Å². The van der Waals surface area contributed by atoms with Crippen LogP contribution in [0.4, 0.5) is 0 Å². The van der Waals surface area contributed by atoms with Gasteiger partial charge in [-0.15, -0.1) is 0 Å². The molecule has 0 saturated carbocycles. The molecule has 0 bridgehead atoms. The normalized spacial score (nSPS) is 29.4. The summed E-state index contributed by atoms with van der Waals surface area (Å²) in [6, 6.07) is 0. The third kappa shape index (κ3) is 1.91. The van der Waals surface area contributed by atoms with Crippen molar-refractivity contribution in [3.63, 3.8) is 0 Å². The van der Waals surface area contributed by atoms with Gasteiger partial charge in [-0.25, -0.2) is 0 Å². The van der Waals surface area contributed by atoms with Crippen molar-refractivity contribution in [3.05, 3.63) is 35.4 Å². The molecule has 5 heteroatoms. The van der Waals surface area contributed by atoms with Crippen LogP contribution in [0.2, 0.25) is 0 Å². The molecule has 5 nitrogen and oxygen atoms in total. The van der Waals surface area contributed by atoms with Crippen LogP contribution in [0.3, 0.4) is 0 Å². The van der Waals surface area contributed by atoms with Crippen LogP contribution in [0, 0.1) is 0 Å². The smallest absolute Gasteiger partial charge is 0.160 e. The van der Waals surface area contributed by atoms with Gasteiger partial charge in [0.15, 0.2) is 5.76 Å². The average molecular weight is 224 g/mol. The van der Waals surface area contributed by atoms with Crippen LogP contribution in [0.25, 0.3) is 0 Å². The van der Waals surface area contributed by atoms with E-state index in [-0.39, 0.29) is 30.4 Å². The van der Waals surface area contributed by atoms with E-state index in [1.54, 1.807) is 0 Å². The number of aliphatic hydroxyl groups excluding tert-OH is 2. The number of nitrogens with zero attached hydrogens (tertiary/aromatic N) is 1. The minimum absolute atomic E-state index is 0.121. The average Bonchev–Trinajstić information content (AvgIpc) is 2.64. The molecule has 0 spiro atoms. The zero-order valence-electron chi connectivity index (χ0n) is 9.13. The lowest BCUT2D eigenvalue weighted by atomic mass is 10.0. The van der Waals surface area contributed by atoms with Gasteiger partial charge in [-0.3, -0.25) is 0 Å². The highest BCUT2D eigenvalue weighted by Gasteiger charge is 2.28. The summed E-state index contributed by atoms with van der Waals surface area (Å²) >= 11 is 0. The Morgan fingerprint density at radius 1 is 1.62 bits per heavy atom. The van der Waals surface area contributed by atoms with Gasteiger partial charge in [0.25, 0.3) is 0 Å². The molecule has 0 aromatic heterocycles. The summed E-state index contributed by atoms with van der Waals surface area (Å²) in [5, 5.41) is 18.4. The van der Waals surface area contributed by atoms with Gasteiger partial charge in [0.2, 0.25) is 0 Å². The molecule has 88 valence electrons. The number of hydrogen-bond donors (Lipinski definition) is 3. The first kappa shape index (κ1) is 11.0. The Balaban J connectivity index is 2.08. The quantitative estimate of drug-likeness (QED) is 0.625. The van der Waals surface area contributed by atoms with Crippen LogP contribution >= 0.6 is 0 Å². The second-order valence-electron chi connectivity index (χ2n) is 3.98. The van der Waals surface area contributed by atoms with Crippen LogP contribution in [-0.2, 0) is 4.74 Å². The van der Waals surface area contributed by atoms with E-state index >= 15 is 0 Å². The number of rotatable bonds is 2. The lowest BCUT2D eigenvalue weighted by Gasteiger charge is -2.26. The maximum Gasteiger partial charge on any atom is 0.160 e. The molecule has 2 aliphatic heterocycles. The molecular weight excluding hydrogens is 208 g/mol. The fourth-order valence-corrected chi connectivity index (χ4v) is 1.79. The summed E-state index contributed by atoms with van der Waals surface area (Å²) in [5.74, 6) is 0.385. The first-order valence-corrected chi connectivity index (χ1v) is 5.17. The number of aliphatic hydroxyl groups is 2. The van der Waals surface area contributed by atoms with Gasteiger partial charge < -0.3 is 25.6 Å². The van der Waals surface area contributed by atoms with E-state index < -0.39 is 0 Å². The van der Waals surface area contributed by atoms with Crippen molar-refractivity contribution >= 4 is 0 Å². The first-order valence-electron chi connectivity index (χ1n) is 5.17. The SMILES string of the molecule is CN1C=C([C@H]2CC(O)=C(CO)O2)C=CC1N. The Morgan fingerprint density at radius 2 is 2.38 bits per heavy atom. The van der Waals surface area contributed by atoms with Crippen molar-refractivity contribution < 1.29 is 14.9 Å². The van der Waals surface area contributed by atoms with Gasteiger partial charge >= 0.3 is 0 Å². The lowest BCUT2D eigenvalue weighted by molar-refractivity contribution is 0.136. The Labute approximate surface area is 94.1 Å². The first-order chi connectivity index (χ1) is 7.61. The molecule has 2 heterocycles. The maximum absolute atomic E-state index is 9.51. The summed E-state index contributed by atoms with van der Waals surface area (Å²) < 4.78 is 5.44. The van der Waals surface area contributed by atoms with Crippen molar-refractivity contribution in [1.29, 1.82) is 0 Å². The van der Waals surface area contributed by atoms with Gasteiger partial charge in [0.05, 0.1) is 6.17 Å². The molecule has 16 heavy (non-hydrogen) atoms. The predicted molar refractivity (Wildman–Crippen MR) is 59.2 cm³/mol. The Kier molecular flexibility index (Phi) is 2.89. The number of likely N-dealkylation sites (N-methyl/N-ethyl adjacent to an activating group) is 1. The highest BCUT2D eigenvalue weighted by molar-refractivity contribution is 5.31. The lowest BCUT2D eigenvalue weighted by Crippen LogP contribution is -2.36. The Morgan fingerprint density at radius 3 is 2.94 bits per heavy atom. The van der Waals surface area contributed by atoms with Crippen LogP contribution in [0.1, 0.15) is 6.42 Å². The van der Waals surface area contributed by atoms with Crippen molar-refractivity contribution in [3.8, 4) is 0 Å². The molecule has 2 atom stereocenters. The Hall–Kier alpha value is -1.46. The van der Waals surface area contributed by atoms with Gasteiger partial charge in [-0.1, -0.05) is 6.08 Å². The predicted octanol–water partition coefficient (Wildman–Crippen LogP) is 0.208. The van der Waals surface area contributed by atoms with Gasteiger partial charge in [-0.2, -0.15) is 0 Å². The second-order valence-corrected chi connectivity index (χ2v) is 3.98. The summed E-state index contributed by atoms with van der Waals surface area (Å²) in [5.41, 5.74) is 6.72. The number of hydrogen-bond acceptors (Lipinski definition) is 5. The zero-order chi connectivity index (χ0) is 11.7. The number of nitrogens with two attached hydrogens (primary N) is 1.